The van der Waals surface area contributed by atoms with Gasteiger partial charge in [0.25, 0.3) is 0 Å². The molecule has 0 radical (unpaired) electrons. The van der Waals surface area contributed by atoms with Gasteiger partial charge in [-0.25, -0.2) is 0 Å². The number of benzene rings is 3. The molecule has 4 rings (SSSR count). The van der Waals surface area contributed by atoms with Crippen LogP contribution in [0, 0.1) is 40.4 Å². The molecule has 3 atom stereocenters. The van der Waals surface area contributed by atoms with Crippen LogP contribution in [0.5, 0.6) is 0 Å². The van der Waals surface area contributed by atoms with Gasteiger partial charge < -0.3 is 4.74 Å². The van der Waals surface area contributed by atoms with Crippen molar-refractivity contribution in [3.8, 4) is 12.1 Å². The number of carbonyl (C=O) groups is 2. The summed E-state index contributed by atoms with van der Waals surface area (Å²) in [6, 6.07) is 31.8. The molecular formula is C32H31N3O3. The van der Waals surface area contributed by atoms with E-state index in [0.29, 0.717) is 44.0 Å². The van der Waals surface area contributed by atoms with Crippen molar-refractivity contribution in [1.29, 1.82) is 10.5 Å². The standard InChI is InChI=1S/C32H31N3O3/c33-21-24(22-34)20-28(31(36)26-12-6-2-7-13-26)30(25-10-4-1-5-11-25)29(23-35-16-18-38-19-17-35)32(37)27-14-8-3-9-15-27/h1-15,24,28-30H,16-20,23H2/t28-,29-,30+/m0/s1. The fourth-order valence-electron chi connectivity index (χ4n) is 5.28. The summed E-state index contributed by atoms with van der Waals surface area (Å²) in [7, 11) is 0. The molecule has 3 aromatic rings. The first-order valence-electron chi connectivity index (χ1n) is 12.9. The Hall–Kier alpha value is -4.10. The van der Waals surface area contributed by atoms with Crippen LogP contribution in [0.2, 0.25) is 0 Å². The summed E-state index contributed by atoms with van der Waals surface area (Å²) in [6.45, 7) is 2.99. The molecule has 0 N–H and O–H groups in total. The van der Waals surface area contributed by atoms with Gasteiger partial charge in [0.05, 0.1) is 25.4 Å². The number of nitriles is 2. The lowest BCUT2D eigenvalue weighted by Crippen LogP contribution is -2.44. The van der Waals surface area contributed by atoms with Crippen LogP contribution in [0.1, 0.15) is 38.6 Å². The molecule has 6 heteroatoms. The zero-order valence-electron chi connectivity index (χ0n) is 21.3. The number of rotatable bonds is 11. The lowest BCUT2D eigenvalue weighted by molar-refractivity contribution is 0.0259. The van der Waals surface area contributed by atoms with Gasteiger partial charge in [-0.05, 0) is 12.0 Å². The molecule has 3 aromatic carbocycles. The highest BCUT2D eigenvalue weighted by Gasteiger charge is 2.41. The van der Waals surface area contributed by atoms with Crippen LogP contribution in [0.3, 0.4) is 0 Å². The zero-order valence-corrected chi connectivity index (χ0v) is 21.3. The van der Waals surface area contributed by atoms with Gasteiger partial charge in [-0.2, -0.15) is 10.5 Å². The van der Waals surface area contributed by atoms with E-state index in [0.717, 1.165) is 5.56 Å². The van der Waals surface area contributed by atoms with E-state index in [9.17, 15) is 20.1 Å². The van der Waals surface area contributed by atoms with E-state index in [1.165, 1.54) is 0 Å². The lowest BCUT2D eigenvalue weighted by Gasteiger charge is -2.37. The molecule has 1 heterocycles. The Kier molecular flexibility index (Phi) is 9.54. The van der Waals surface area contributed by atoms with E-state index >= 15 is 0 Å². The predicted molar refractivity (Wildman–Crippen MR) is 144 cm³/mol. The number of ether oxygens (including phenoxy) is 1. The van der Waals surface area contributed by atoms with Crippen LogP contribution in [-0.2, 0) is 4.74 Å². The van der Waals surface area contributed by atoms with Crippen LogP contribution in [0.25, 0.3) is 0 Å². The van der Waals surface area contributed by atoms with E-state index in [-0.39, 0.29) is 18.0 Å². The Morgan fingerprint density at radius 3 is 1.71 bits per heavy atom. The van der Waals surface area contributed by atoms with Gasteiger partial charge in [0.2, 0.25) is 0 Å². The summed E-state index contributed by atoms with van der Waals surface area (Å²) >= 11 is 0. The molecule has 0 unspecified atom stereocenters. The summed E-state index contributed by atoms with van der Waals surface area (Å²) < 4.78 is 5.54. The SMILES string of the molecule is N#CC(C#N)C[C@H](C(=O)c1ccccc1)[C@@H](c1ccccc1)[C@H](CN1CCOCC1)C(=O)c1ccccc1. The van der Waals surface area contributed by atoms with Crippen LogP contribution < -0.4 is 0 Å². The van der Waals surface area contributed by atoms with Crippen molar-refractivity contribution in [3.05, 3.63) is 108 Å². The Morgan fingerprint density at radius 1 is 0.737 bits per heavy atom. The van der Waals surface area contributed by atoms with Crippen LogP contribution in [0.4, 0.5) is 0 Å². The van der Waals surface area contributed by atoms with E-state index in [2.05, 4.69) is 17.0 Å². The minimum absolute atomic E-state index is 0.0436. The second kappa shape index (κ2) is 13.4. The Morgan fingerprint density at radius 2 is 1.21 bits per heavy atom. The van der Waals surface area contributed by atoms with Gasteiger partial charge in [-0.1, -0.05) is 91.0 Å². The maximum absolute atomic E-state index is 14.2. The maximum atomic E-state index is 14.2. The Bertz CT molecular complexity index is 1260. The molecule has 38 heavy (non-hydrogen) atoms. The molecular weight excluding hydrogens is 474 g/mol. The highest BCUT2D eigenvalue weighted by atomic mass is 16.5. The van der Waals surface area contributed by atoms with Crippen molar-refractivity contribution in [3.63, 3.8) is 0 Å². The maximum Gasteiger partial charge on any atom is 0.167 e. The van der Waals surface area contributed by atoms with Gasteiger partial charge in [-0.15, -0.1) is 0 Å². The Balaban J connectivity index is 1.86. The highest BCUT2D eigenvalue weighted by Crippen LogP contribution is 2.40. The average molecular weight is 506 g/mol. The normalized spacial score (nSPS) is 16.1. The van der Waals surface area contributed by atoms with E-state index < -0.39 is 23.7 Å². The number of nitrogens with zero attached hydrogens (tertiary/aromatic N) is 3. The topological polar surface area (TPSA) is 94.2 Å². The molecule has 0 saturated carbocycles. The highest BCUT2D eigenvalue weighted by molar-refractivity contribution is 6.01. The van der Waals surface area contributed by atoms with Crippen molar-refractivity contribution in [2.45, 2.75) is 12.3 Å². The van der Waals surface area contributed by atoms with Crippen LogP contribution >= 0.6 is 0 Å². The lowest BCUT2D eigenvalue weighted by atomic mass is 9.68. The average Bonchev–Trinajstić information content (AvgIpc) is 2.99. The van der Waals surface area contributed by atoms with Crippen molar-refractivity contribution < 1.29 is 14.3 Å². The number of hydrogen-bond acceptors (Lipinski definition) is 6. The minimum Gasteiger partial charge on any atom is -0.379 e. The van der Waals surface area contributed by atoms with Gasteiger partial charge in [-0.3, -0.25) is 14.5 Å². The van der Waals surface area contributed by atoms with Gasteiger partial charge in [0.15, 0.2) is 11.6 Å². The van der Waals surface area contributed by atoms with E-state index in [1.807, 2.05) is 54.6 Å². The molecule has 6 nitrogen and oxygen atoms in total. The first kappa shape index (κ1) is 26.9. The van der Waals surface area contributed by atoms with Crippen molar-refractivity contribution >= 4 is 11.6 Å². The molecule has 0 bridgehead atoms. The molecule has 1 fully saturated rings. The Labute approximate surface area is 224 Å². The quantitative estimate of drug-likeness (QED) is 0.334. The number of Topliss-reactive ketones (excluding diaryl/α,β-unsaturated/α-hetero) is 2. The monoisotopic (exact) mass is 505 g/mol. The van der Waals surface area contributed by atoms with Crippen molar-refractivity contribution in [2.75, 3.05) is 32.8 Å². The van der Waals surface area contributed by atoms with E-state index in [1.54, 1.807) is 36.4 Å². The van der Waals surface area contributed by atoms with Gasteiger partial charge >= 0.3 is 0 Å². The molecule has 1 aliphatic heterocycles. The molecule has 0 spiro atoms. The van der Waals surface area contributed by atoms with Crippen LogP contribution in [0.15, 0.2) is 91.0 Å². The minimum atomic E-state index is -0.977. The predicted octanol–water partition coefficient (Wildman–Crippen LogP) is 5.15. The molecule has 1 saturated heterocycles. The van der Waals surface area contributed by atoms with Gasteiger partial charge in [0, 0.05) is 48.5 Å². The number of hydrogen-bond donors (Lipinski definition) is 0. The number of ketones is 2. The molecule has 192 valence electrons. The molecule has 1 aliphatic rings. The summed E-state index contributed by atoms with van der Waals surface area (Å²) in [6.07, 6.45) is 0.0436. The number of carbonyl (C=O) groups excluding carboxylic acids is 2. The van der Waals surface area contributed by atoms with Crippen molar-refractivity contribution in [1.82, 2.24) is 4.90 Å². The number of morpholine rings is 1. The third-order valence-electron chi connectivity index (χ3n) is 7.20. The summed E-state index contributed by atoms with van der Waals surface area (Å²) in [4.78, 5) is 30.6. The molecule has 0 aliphatic carbocycles. The smallest absolute Gasteiger partial charge is 0.167 e. The third kappa shape index (κ3) is 6.61. The molecule has 0 amide bonds. The molecule has 0 aromatic heterocycles. The summed E-state index contributed by atoms with van der Waals surface area (Å²) in [5, 5.41) is 19.4. The van der Waals surface area contributed by atoms with Gasteiger partial charge in [0.1, 0.15) is 5.92 Å². The van der Waals surface area contributed by atoms with Crippen LogP contribution in [-0.4, -0.2) is 49.3 Å². The second-order valence-electron chi connectivity index (χ2n) is 9.57. The van der Waals surface area contributed by atoms with E-state index in [4.69, 9.17) is 4.74 Å². The summed E-state index contributed by atoms with van der Waals surface area (Å²) in [5.41, 5.74) is 1.93. The largest absolute Gasteiger partial charge is 0.379 e. The van der Waals surface area contributed by atoms with Crippen molar-refractivity contribution in [2.24, 2.45) is 17.8 Å². The fraction of sp³-hybridized carbons (Fsp3) is 0.312. The summed E-state index contributed by atoms with van der Waals surface area (Å²) in [5.74, 6) is -3.06. The second-order valence-corrected chi connectivity index (χ2v) is 9.57. The first-order chi connectivity index (χ1) is 18.6. The third-order valence-corrected chi connectivity index (χ3v) is 7.20. The first-order valence-corrected chi connectivity index (χ1v) is 12.9. The zero-order chi connectivity index (χ0) is 26.7. The fourth-order valence-corrected chi connectivity index (χ4v) is 5.28.